The molecule has 4 N–H and O–H groups in total. The molecule has 3 atom stereocenters. The van der Waals surface area contributed by atoms with Crippen LogP contribution >= 0.6 is 0 Å². The first kappa shape index (κ1) is 18.8. The van der Waals surface area contributed by atoms with Crippen molar-refractivity contribution in [3.8, 4) is 11.3 Å². The third-order valence-electron chi connectivity index (χ3n) is 4.82. The Kier molecular flexibility index (Phi) is 4.58. The van der Waals surface area contributed by atoms with E-state index in [0.717, 1.165) is 12.1 Å². The van der Waals surface area contributed by atoms with Crippen molar-refractivity contribution < 1.29 is 23.4 Å². The smallest absolute Gasteiger partial charge is 0.155 e. The zero-order valence-corrected chi connectivity index (χ0v) is 14.5. The highest BCUT2D eigenvalue weighted by Crippen LogP contribution is 2.48. The lowest BCUT2D eigenvalue weighted by molar-refractivity contribution is 0.00935. The van der Waals surface area contributed by atoms with E-state index in [0.29, 0.717) is 0 Å². The van der Waals surface area contributed by atoms with Crippen molar-refractivity contribution in [2.45, 2.75) is 37.6 Å². The van der Waals surface area contributed by atoms with Gasteiger partial charge in [-0.25, -0.2) is 18.2 Å². The summed E-state index contributed by atoms with van der Waals surface area (Å²) in [5, 5.41) is 21.2. The number of pyridine rings is 1. The van der Waals surface area contributed by atoms with Crippen molar-refractivity contribution in [2.24, 2.45) is 11.7 Å². The average molecular weight is 366 g/mol. The molecule has 0 radical (unpaired) electrons. The second-order valence-electron chi connectivity index (χ2n) is 7.27. The number of hydrogen-bond acceptors (Lipinski definition) is 4. The first-order valence-electron chi connectivity index (χ1n) is 8.34. The molecule has 1 aromatic carbocycles. The summed E-state index contributed by atoms with van der Waals surface area (Å²) in [5.74, 6) is -2.02. The Morgan fingerprint density at radius 3 is 2.23 bits per heavy atom. The highest BCUT2D eigenvalue weighted by Gasteiger charge is 2.54. The first-order chi connectivity index (χ1) is 12.1. The molecule has 0 bridgehead atoms. The molecular formula is C19H21F3N2O2. The second-order valence-corrected chi connectivity index (χ2v) is 7.27. The Hall–Kier alpha value is -1.96. The van der Waals surface area contributed by atoms with E-state index in [9.17, 15) is 19.0 Å². The molecule has 26 heavy (non-hydrogen) atoms. The summed E-state index contributed by atoms with van der Waals surface area (Å²) in [7, 11) is 0. The lowest BCUT2D eigenvalue weighted by Gasteiger charge is -2.29. The highest BCUT2D eigenvalue weighted by molar-refractivity contribution is 5.62. The van der Waals surface area contributed by atoms with Crippen molar-refractivity contribution in [1.82, 2.24) is 4.98 Å². The Morgan fingerprint density at radius 1 is 1.19 bits per heavy atom. The maximum atomic E-state index is 15.0. The fourth-order valence-corrected chi connectivity index (χ4v) is 3.10. The van der Waals surface area contributed by atoms with Crippen LogP contribution < -0.4 is 5.73 Å². The molecular weight excluding hydrogens is 345 g/mol. The van der Waals surface area contributed by atoms with E-state index in [1.165, 1.54) is 32.0 Å². The molecule has 3 unspecified atom stereocenters. The van der Waals surface area contributed by atoms with E-state index in [1.807, 2.05) is 0 Å². The molecule has 7 heteroatoms. The minimum atomic E-state index is -1.78. The number of aromatic nitrogens is 1. The Balaban J connectivity index is 2.23. The van der Waals surface area contributed by atoms with E-state index in [4.69, 9.17) is 5.73 Å². The topological polar surface area (TPSA) is 79.4 Å². The van der Waals surface area contributed by atoms with Crippen LogP contribution in [0, 0.1) is 17.6 Å². The summed E-state index contributed by atoms with van der Waals surface area (Å²) in [4.78, 5) is 4.18. The number of alkyl halides is 1. The molecule has 0 spiro atoms. The molecule has 3 rings (SSSR count). The van der Waals surface area contributed by atoms with E-state index < -0.39 is 34.9 Å². The van der Waals surface area contributed by atoms with Crippen LogP contribution in [0.3, 0.4) is 0 Å². The number of aliphatic hydroxyl groups is 2. The fraction of sp³-hybridized carbons (Fsp3) is 0.421. The molecule has 1 saturated carbocycles. The monoisotopic (exact) mass is 366 g/mol. The third-order valence-corrected chi connectivity index (χ3v) is 4.82. The van der Waals surface area contributed by atoms with Gasteiger partial charge in [-0.15, -0.1) is 0 Å². The SMILES string of the molecule is CC(C)(O)c1cc(C(O)(CN)C2CC2F)nc(-c2ccc(F)cc2)c1F. The summed E-state index contributed by atoms with van der Waals surface area (Å²) >= 11 is 0. The molecule has 140 valence electrons. The number of nitrogens with two attached hydrogens (primary N) is 1. The van der Waals surface area contributed by atoms with Gasteiger partial charge in [0.2, 0.25) is 0 Å². The summed E-state index contributed by atoms with van der Waals surface area (Å²) < 4.78 is 41.8. The molecule has 1 fully saturated rings. The zero-order chi connectivity index (χ0) is 19.3. The lowest BCUT2D eigenvalue weighted by Crippen LogP contribution is -2.39. The average Bonchev–Trinajstić information content (AvgIpc) is 3.31. The van der Waals surface area contributed by atoms with Gasteiger partial charge in [0, 0.05) is 23.6 Å². The maximum Gasteiger partial charge on any atom is 0.155 e. The van der Waals surface area contributed by atoms with Crippen LogP contribution in [0.4, 0.5) is 13.2 Å². The molecule has 2 aromatic rings. The van der Waals surface area contributed by atoms with Crippen molar-refractivity contribution >= 4 is 0 Å². The molecule has 0 saturated heterocycles. The molecule has 1 heterocycles. The van der Waals surface area contributed by atoms with Gasteiger partial charge in [-0.1, -0.05) is 0 Å². The van der Waals surface area contributed by atoms with Gasteiger partial charge in [0.1, 0.15) is 23.3 Å². The van der Waals surface area contributed by atoms with Crippen LogP contribution in [0.5, 0.6) is 0 Å². The van der Waals surface area contributed by atoms with Crippen molar-refractivity contribution in [1.29, 1.82) is 0 Å². The third kappa shape index (κ3) is 3.22. The number of benzene rings is 1. The van der Waals surface area contributed by atoms with Crippen molar-refractivity contribution in [3.63, 3.8) is 0 Å². The van der Waals surface area contributed by atoms with Gasteiger partial charge in [-0.05, 0) is 50.6 Å². The van der Waals surface area contributed by atoms with Crippen LogP contribution in [0.1, 0.15) is 31.5 Å². The van der Waals surface area contributed by atoms with Gasteiger partial charge in [0.15, 0.2) is 5.82 Å². The van der Waals surface area contributed by atoms with Crippen molar-refractivity contribution in [3.05, 3.63) is 53.2 Å². The first-order valence-corrected chi connectivity index (χ1v) is 8.34. The molecule has 1 aliphatic carbocycles. The van der Waals surface area contributed by atoms with Gasteiger partial charge >= 0.3 is 0 Å². The number of halogens is 3. The van der Waals surface area contributed by atoms with Gasteiger partial charge in [0.25, 0.3) is 0 Å². The fourth-order valence-electron chi connectivity index (χ4n) is 3.10. The highest BCUT2D eigenvalue weighted by atomic mass is 19.1. The van der Waals surface area contributed by atoms with Gasteiger partial charge < -0.3 is 15.9 Å². The van der Waals surface area contributed by atoms with E-state index in [2.05, 4.69) is 4.98 Å². The lowest BCUT2D eigenvalue weighted by atomic mass is 9.88. The molecule has 4 nitrogen and oxygen atoms in total. The maximum absolute atomic E-state index is 15.0. The van der Waals surface area contributed by atoms with Gasteiger partial charge in [-0.3, -0.25) is 0 Å². The van der Waals surface area contributed by atoms with Crippen molar-refractivity contribution in [2.75, 3.05) is 6.54 Å². The predicted octanol–water partition coefficient (Wildman–Crippen LogP) is 2.76. The molecule has 1 aromatic heterocycles. The summed E-state index contributed by atoms with van der Waals surface area (Å²) in [6.45, 7) is 2.48. The Bertz CT molecular complexity index is 821. The van der Waals surface area contributed by atoms with E-state index in [1.54, 1.807) is 0 Å². The quantitative estimate of drug-likeness (QED) is 0.760. The van der Waals surface area contributed by atoms with Crippen LogP contribution in [0.25, 0.3) is 11.3 Å². The zero-order valence-electron chi connectivity index (χ0n) is 14.5. The second kappa shape index (κ2) is 6.33. The van der Waals surface area contributed by atoms with Gasteiger partial charge in [-0.2, -0.15) is 0 Å². The normalized spacial score (nSPS) is 22.2. The van der Waals surface area contributed by atoms with Crippen LogP contribution in [-0.4, -0.2) is 27.9 Å². The number of nitrogens with zero attached hydrogens (tertiary/aromatic N) is 1. The summed E-state index contributed by atoms with van der Waals surface area (Å²) in [6, 6.07) is 6.21. The molecule has 0 amide bonds. The largest absolute Gasteiger partial charge is 0.386 e. The van der Waals surface area contributed by atoms with Gasteiger partial charge in [0.05, 0.1) is 11.3 Å². The minimum Gasteiger partial charge on any atom is -0.386 e. The predicted molar refractivity (Wildman–Crippen MR) is 90.8 cm³/mol. The van der Waals surface area contributed by atoms with Crippen LogP contribution in [0.15, 0.2) is 30.3 Å². The Labute approximate surface area is 149 Å². The van der Waals surface area contributed by atoms with E-state index >= 15 is 4.39 Å². The summed E-state index contributed by atoms with van der Waals surface area (Å²) in [6.07, 6.45) is -1.08. The Morgan fingerprint density at radius 2 is 1.77 bits per heavy atom. The van der Waals surface area contributed by atoms with Crippen LogP contribution in [0.2, 0.25) is 0 Å². The standard InChI is InChI=1S/C19H21F3N2O2/c1-18(2,25)13-8-15(19(26,9-23)12-7-14(12)21)24-17(16(13)22)10-3-5-11(20)6-4-10/h3-6,8,12,14,25-26H,7,9,23H2,1-2H3. The minimum absolute atomic E-state index is 0.0111. The molecule has 0 aliphatic heterocycles. The molecule has 1 aliphatic rings. The van der Waals surface area contributed by atoms with Crippen LogP contribution in [-0.2, 0) is 11.2 Å². The van der Waals surface area contributed by atoms with E-state index in [-0.39, 0.29) is 35.5 Å². The summed E-state index contributed by atoms with van der Waals surface area (Å²) in [5.41, 5.74) is 2.32. The number of hydrogen-bond donors (Lipinski definition) is 3. The number of rotatable bonds is 5.